The summed E-state index contributed by atoms with van der Waals surface area (Å²) in [5.74, 6) is 0.764. The molecule has 0 atom stereocenters. The van der Waals surface area contributed by atoms with Crippen molar-refractivity contribution in [1.29, 1.82) is 0 Å². The molecule has 0 spiro atoms. The monoisotopic (exact) mass is 326 g/mol. The topological polar surface area (TPSA) is 41.6 Å². The Morgan fingerprint density at radius 2 is 1.88 bits per heavy atom. The standard InChI is InChI=1S/C20H26N2O2/c1-15-8-9-19(12-16(15)2)24-11-10-20(23)21-18-7-5-6-17(13-18)14-22(3)4/h5-9,12-13H,10-11,14H2,1-4H3,(H,21,23). The fourth-order valence-corrected chi connectivity index (χ4v) is 2.40. The number of hydrogen-bond acceptors (Lipinski definition) is 3. The van der Waals surface area contributed by atoms with Gasteiger partial charge >= 0.3 is 0 Å². The lowest BCUT2D eigenvalue weighted by Gasteiger charge is -2.12. The lowest BCUT2D eigenvalue weighted by molar-refractivity contribution is -0.116. The number of carbonyl (C=O) groups is 1. The van der Waals surface area contributed by atoms with E-state index in [0.29, 0.717) is 13.0 Å². The highest BCUT2D eigenvalue weighted by atomic mass is 16.5. The van der Waals surface area contributed by atoms with Crippen molar-refractivity contribution >= 4 is 11.6 Å². The van der Waals surface area contributed by atoms with Crippen LogP contribution in [-0.4, -0.2) is 31.5 Å². The number of nitrogens with zero attached hydrogens (tertiary/aromatic N) is 1. The lowest BCUT2D eigenvalue weighted by atomic mass is 10.1. The van der Waals surface area contributed by atoms with Crippen molar-refractivity contribution in [3.63, 3.8) is 0 Å². The van der Waals surface area contributed by atoms with Crippen LogP contribution in [-0.2, 0) is 11.3 Å². The van der Waals surface area contributed by atoms with Crippen LogP contribution >= 0.6 is 0 Å². The third-order valence-corrected chi connectivity index (χ3v) is 3.79. The third-order valence-electron chi connectivity index (χ3n) is 3.79. The third kappa shape index (κ3) is 5.70. The van der Waals surface area contributed by atoms with Gasteiger partial charge in [-0.3, -0.25) is 4.79 Å². The van der Waals surface area contributed by atoms with Crippen molar-refractivity contribution in [2.45, 2.75) is 26.8 Å². The summed E-state index contributed by atoms with van der Waals surface area (Å²) in [6.45, 7) is 5.33. The molecule has 24 heavy (non-hydrogen) atoms. The van der Waals surface area contributed by atoms with Gasteiger partial charge in [0.25, 0.3) is 0 Å². The zero-order valence-corrected chi connectivity index (χ0v) is 14.9. The van der Waals surface area contributed by atoms with Crippen LogP contribution < -0.4 is 10.1 Å². The Hall–Kier alpha value is -2.33. The quantitative estimate of drug-likeness (QED) is 0.842. The highest BCUT2D eigenvalue weighted by molar-refractivity contribution is 5.90. The highest BCUT2D eigenvalue weighted by Crippen LogP contribution is 2.17. The van der Waals surface area contributed by atoms with E-state index < -0.39 is 0 Å². The molecule has 0 heterocycles. The van der Waals surface area contributed by atoms with Gasteiger partial charge in [0.2, 0.25) is 5.91 Å². The van der Waals surface area contributed by atoms with E-state index in [-0.39, 0.29) is 5.91 Å². The molecule has 0 aliphatic carbocycles. The Kier molecular flexibility index (Phi) is 6.38. The number of hydrogen-bond donors (Lipinski definition) is 1. The molecule has 0 aromatic heterocycles. The van der Waals surface area contributed by atoms with Crippen LogP contribution in [0, 0.1) is 13.8 Å². The number of carbonyl (C=O) groups excluding carboxylic acids is 1. The summed E-state index contributed by atoms with van der Waals surface area (Å²) in [4.78, 5) is 14.2. The normalized spacial score (nSPS) is 10.7. The molecule has 0 unspecified atom stereocenters. The minimum atomic E-state index is -0.0409. The van der Waals surface area contributed by atoms with Crippen molar-refractivity contribution in [2.24, 2.45) is 0 Å². The van der Waals surface area contributed by atoms with Crippen molar-refractivity contribution in [1.82, 2.24) is 4.90 Å². The molecule has 1 amide bonds. The molecule has 0 radical (unpaired) electrons. The molecule has 4 nitrogen and oxygen atoms in total. The Bertz CT molecular complexity index is 696. The molecule has 0 saturated carbocycles. The van der Waals surface area contributed by atoms with Crippen molar-refractivity contribution < 1.29 is 9.53 Å². The van der Waals surface area contributed by atoms with E-state index in [1.54, 1.807) is 0 Å². The van der Waals surface area contributed by atoms with Crippen molar-refractivity contribution in [3.05, 3.63) is 59.2 Å². The summed E-state index contributed by atoms with van der Waals surface area (Å²) in [6.07, 6.45) is 0.324. The minimum Gasteiger partial charge on any atom is -0.493 e. The van der Waals surface area contributed by atoms with E-state index in [4.69, 9.17) is 4.74 Å². The molecular weight excluding hydrogens is 300 g/mol. The first-order valence-corrected chi connectivity index (χ1v) is 8.17. The van der Waals surface area contributed by atoms with Gasteiger partial charge in [0, 0.05) is 12.2 Å². The van der Waals surface area contributed by atoms with Crippen LogP contribution in [0.15, 0.2) is 42.5 Å². The van der Waals surface area contributed by atoms with E-state index in [0.717, 1.165) is 18.0 Å². The van der Waals surface area contributed by atoms with Gasteiger partial charge in [-0.2, -0.15) is 0 Å². The summed E-state index contributed by atoms with van der Waals surface area (Å²) in [5, 5.41) is 2.92. The van der Waals surface area contributed by atoms with Gasteiger partial charge in [-0.1, -0.05) is 18.2 Å². The predicted octanol–water partition coefficient (Wildman–Crippen LogP) is 3.77. The molecule has 0 aliphatic heterocycles. The number of nitrogens with one attached hydrogen (secondary N) is 1. The maximum Gasteiger partial charge on any atom is 0.227 e. The molecule has 4 heteroatoms. The molecule has 0 aliphatic rings. The maximum absolute atomic E-state index is 12.1. The smallest absolute Gasteiger partial charge is 0.227 e. The summed E-state index contributed by atoms with van der Waals surface area (Å²) < 4.78 is 5.66. The fourth-order valence-electron chi connectivity index (χ4n) is 2.40. The van der Waals surface area contributed by atoms with Crippen LogP contribution in [0.3, 0.4) is 0 Å². The van der Waals surface area contributed by atoms with Gasteiger partial charge in [0.15, 0.2) is 0 Å². The number of benzene rings is 2. The number of aryl methyl sites for hydroxylation is 2. The molecule has 2 aromatic carbocycles. The van der Waals surface area contributed by atoms with E-state index in [1.807, 2.05) is 50.5 Å². The van der Waals surface area contributed by atoms with E-state index in [2.05, 4.69) is 30.1 Å². The van der Waals surface area contributed by atoms with Crippen LogP contribution in [0.25, 0.3) is 0 Å². The summed E-state index contributed by atoms with van der Waals surface area (Å²) in [5.41, 5.74) is 4.42. The molecule has 0 saturated heterocycles. The highest BCUT2D eigenvalue weighted by Gasteiger charge is 2.05. The van der Waals surface area contributed by atoms with Crippen LogP contribution in [0.5, 0.6) is 5.75 Å². The van der Waals surface area contributed by atoms with Crippen molar-refractivity contribution in [3.8, 4) is 5.75 Å². The zero-order valence-electron chi connectivity index (χ0n) is 14.9. The van der Waals surface area contributed by atoms with Gasteiger partial charge in [-0.25, -0.2) is 0 Å². The second kappa shape index (κ2) is 8.50. The fraction of sp³-hybridized carbons (Fsp3) is 0.350. The van der Waals surface area contributed by atoms with Gasteiger partial charge < -0.3 is 15.0 Å². The molecule has 0 fully saturated rings. The Balaban J connectivity index is 1.81. The van der Waals surface area contributed by atoms with E-state index >= 15 is 0 Å². The minimum absolute atomic E-state index is 0.0409. The average Bonchev–Trinajstić information content (AvgIpc) is 2.50. The summed E-state index contributed by atoms with van der Waals surface area (Å²) in [6, 6.07) is 13.9. The predicted molar refractivity (Wildman–Crippen MR) is 98.5 cm³/mol. The van der Waals surface area contributed by atoms with Gasteiger partial charge in [0.1, 0.15) is 5.75 Å². The van der Waals surface area contributed by atoms with E-state index in [1.165, 1.54) is 16.7 Å². The number of rotatable bonds is 7. The maximum atomic E-state index is 12.1. The number of anilines is 1. The SMILES string of the molecule is Cc1ccc(OCCC(=O)Nc2cccc(CN(C)C)c2)cc1C. The molecule has 1 N–H and O–H groups in total. The number of ether oxygens (including phenoxy) is 1. The second-order valence-electron chi connectivity index (χ2n) is 6.33. The van der Waals surface area contributed by atoms with Gasteiger partial charge in [-0.05, 0) is 68.9 Å². The molecular formula is C20H26N2O2. The second-order valence-corrected chi connectivity index (χ2v) is 6.33. The Morgan fingerprint density at radius 1 is 1.08 bits per heavy atom. The average molecular weight is 326 g/mol. The number of amides is 1. The lowest BCUT2D eigenvalue weighted by Crippen LogP contribution is -2.16. The Morgan fingerprint density at radius 3 is 2.58 bits per heavy atom. The zero-order chi connectivity index (χ0) is 17.5. The van der Waals surface area contributed by atoms with Crippen LogP contribution in [0.4, 0.5) is 5.69 Å². The van der Waals surface area contributed by atoms with Gasteiger partial charge in [0.05, 0.1) is 13.0 Å². The molecule has 2 rings (SSSR count). The first-order valence-electron chi connectivity index (χ1n) is 8.17. The van der Waals surface area contributed by atoms with Crippen LogP contribution in [0.1, 0.15) is 23.1 Å². The summed E-state index contributed by atoms with van der Waals surface area (Å²) in [7, 11) is 4.05. The molecule has 2 aromatic rings. The first kappa shape index (κ1) is 18.0. The summed E-state index contributed by atoms with van der Waals surface area (Å²) >= 11 is 0. The van der Waals surface area contributed by atoms with Gasteiger partial charge in [-0.15, -0.1) is 0 Å². The van der Waals surface area contributed by atoms with Crippen LogP contribution in [0.2, 0.25) is 0 Å². The molecule has 128 valence electrons. The Labute approximate surface area is 144 Å². The largest absolute Gasteiger partial charge is 0.493 e. The van der Waals surface area contributed by atoms with Crippen molar-refractivity contribution in [2.75, 3.05) is 26.0 Å². The van der Waals surface area contributed by atoms with E-state index in [9.17, 15) is 4.79 Å². The first-order chi connectivity index (χ1) is 11.4. The molecule has 0 bridgehead atoms.